The van der Waals surface area contributed by atoms with Crippen molar-refractivity contribution in [2.45, 2.75) is 25.6 Å². The molecule has 1 atom stereocenters. The number of nitrogens with one attached hydrogen (secondary N) is 1. The fourth-order valence-electron chi connectivity index (χ4n) is 3.98. The molecule has 4 rings (SSSR count). The van der Waals surface area contributed by atoms with Crippen molar-refractivity contribution in [1.82, 2.24) is 25.0 Å². The number of hydrogen-bond donors (Lipinski definition) is 1. The van der Waals surface area contributed by atoms with Crippen molar-refractivity contribution in [3.05, 3.63) is 52.5 Å². The molecular weight excluding hydrogens is 386 g/mol. The average molecular weight is 414 g/mol. The first kappa shape index (κ1) is 20.0. The number of pyridine rings is 1. The van der Waals surface area contributed by atoms with Crippen LogP contribution < -0.4 is 5.32 Å². The molecule has 8 heteroatoms. The Morgan fingerprint density at radius 1 is 1.14 bits per heavy atom. The van der Waals surface area contributed by atoms with Crippen LogP contribution in [0.2, 0.25) is 0 Å². The van der Waals surface area contributed by atoms with E-state index in [2.05, 4.69) is 32.2 Å². The molecule has 2 amide bonds. The third-order valence-corrected chi connectivity index (χ3v) is 6.46. The van der Waals surface area contributed by atoms with Gasteiger partial charge < -0.3 is 10.2 Å². The van der Waals surface area contributed by atoms with Crippen molar-refractivity contribution >= 4 is 23.2 Å². The van der Waals surface area contributed by atoms with Crippen LogP contribution in [0.15, 0.2) is 42.0 Å². The minimum atomic E-state index is -0.383. The van der Waals surface area contributed by atoms with Crippen molar-refractivity contribution < 1.29 is 9.59 Å². The highest BCUT2D eigenvalue weighted by Crippen LogP contribution is 2.18. The molecule has 0 spiro atoms. The summed E-state index contributed by atoms with van der Waals surface area (Å²) in [6.07, 6.45) is 3.92. The summed E-state index contributed by atoms with van der Waals surface area (Å²) in [6, 6.07) is 7.75. The Kier molecular flexibility index (Phi) is 6.53. The molecule has 2 fully saturated rings. The molecule has 0 bridgehead atoms. The molecule has 2 saturated heterocycles. The number of carbonyl (C=O) groups is 2. The zero-order chi connectivity index (χ0) is 20.1. The molecule has 4 heterocycles. The highest BCUT2D eigenvalue weighted by atomic mass is 32.1. The van der Waals surface area contributed by atoms with Crippen molar-refractivity contribution in [3.63, 3.8) is 0 Å². The van der Waals surface area contributed by atoms with Gasteiger partial charge in [0.15, 0.2) is 0 Å². The number of rotatable bonds is 6. The average Bonchev–Trinajstić information content (AvgIpc) is 3.25. The van der Waals surface area contributed by atoms with E-state index in [0.29, 0.717) is 19.6 Å². The lowest BCUT2D eigenvalue weighted by Gasteiger charge is -2.38. The first-order chi connectivity index (χ1) is 14.2. The maximum absolute atomic E-state index is 12.9. The molecule has 0 radical (unpaired) electrons. The Hall–Kier alpha value is -2.29. The second kappa shape index (κ2) is 9.47. The minimum absolute atomic E-state index is 0.0311. The normalized spacial score (nSPS) is 21.2. The van der Waals surface area contributed by atoms with Gasteiger partial charge in [-0.05, 0) is 23.1 Å². The van der Waals surface area contributed by atoms with Crippen LogP contribution in [0.5, 0.6) is 0 Å². The lowest BCUT2D eigenvalue weighted by molar-refractivity contribution is -0.140. The topological polar surface area (TPSA) is 68.8 Å². The van der Waals surface area contributed by atoms with E-state index in [4.69, 9.17) is 0 Å². The first-order valence-corrected chi connectivity index (χ1v) is 11.0. The monoisotopic (exact) mass is 413 g/mol. The summed E-state index contributed by atoms with van der Waals surface area (Å²) in [6.45, 7) is 6.10. The SMILES string of the molecule is O=C1NCCN(Cc2cccs2)[C@H]1CC(=O)N1CCN(Cc2cccnc2)CC1. The fraction of sp³-hybridized carbons (Fsp3) is 0.476. The van der Waals surface area contributed by atoms with Crippen LogP contribution >= 0.6 is 11.3 Å². The summed E-state index contributed by atoms with van der Waals surface area (Å²) in [4.78, 5) is 37.2. The van der Waals surface area contributed by atoms with E-state index in [-0.39, 0.29) is 24.3 Å². The molecule has 2 aliphatic rings. The summed E-state index contributed by atoms with van der Waals surface area (Å²) in [7, 11) is 0. The molecule has 2 aromatic rings. The highest BCUT2D eigenvalue weighted by molar-refractivity contribution is 7.09. The minimum Gasteiger partial charge on any atom is -0.353 e. The number of piperazine rings is 2. The van der Waals surface area contributed by atoms with Gasteiger partial charge in [-0.3, -0.25) is 24.4 Å². The van der Waals surface area contributed by atoms with E-state index in [9.17, 15) is 9.59 Å². The van der Waals surface area contributed by atoms with Crippen LogP contribution in [0.3, 0.4) is 0 Å². The van der Waals surface area contributed by atoms with Crippen LogP contribution in [0.1, 0.15) is 16.9 Å². The van der Waals surface area contributed by atoms with Crippen LogP contribution in [0, 0.1) is 0 Å². The molecule has 0 aliphatic carbocycles. The quantitative estimate of drug-likeness (QED) is 0.770. The van der Waals surface area contributed by atoms with Crippen LogP contribution in [-0.4, -0.2) is 76.8 Å². The summed E-state index contributed by atoms with van der Waals surface area (Å²) in [5.41, 5.74) is 1.19. The van der Waals surface area contributed by atoms with Crippen molar-refractivity contribution in [2.75, 3.05) is 39.3 Å². The van der Waals surface area contributed by atoms with Crippen molar-refractivity contribution in [2.24, 2.45) is 0 Å². The van der Waals surface area contributed by atoms with Gasteiger partial charge in [-0.2, -0.15) is 0 Å². The second-order valence-electron chi connectivity index (χ2n) is 7.58. The number of nitrogens with zero attached hydrogens (tertiary/aromatic N) is 4. The van der Waals surface area contributed by atoms with E-state index in [1.54, 1.807) is 17.5 Å². The van der Waals surface area contributed by atoms with Gasteiger partial charge in [-0.25, -0.2) is 0 Å². The Morgan fingerprint density at radius 2 is 2.00 bits per heavy atom. The number of carbonyl (C=O) groups excluding carboxylic acids is 2. The summed E-state index contributed by atoms with van der Waals surface area (Å²) < 4.78 is 0. The Bertz CT molecular complexity index is 806. The van der Waals surface area contributed by atoms with Crippen LogP contribution in [-0.2, 0) is 22.7 Å². The molecule has 0 aromatic carbocycles. The van der Waals surface area contributed by atoms with Gasteiger partial charge in [-0.15, -0.1) is 11.3 Å². The summed E-state index contributed by atoms with van der Waals surface area (Å²) >= 11 is 1.69. The summed E-state index contributed by atoms with van der Waals surface area (Å²) in [5.74, 6) is 0.0422. The van der Waals surface area contributed by atoms with E-state index >= 15 is 0 Å². The number of aromatic nitrogens is 1. The van der Waals surface area contributed by atoms with Crippen molar-refractivity contribution in [1.29, 1.82) is 0 Å². The maximum atomic E-state index is 12.9. The number of amides is 2. The van der Waals surface area contributed by atoms with E-state index in [0.717, 1.165) is 32.7 Å². The zero-order valence-corrected chi connectivity index (χ0v) is 17.3. The fourth-order valence-corrected chi connectivity index (χ4v) is 4.71. The third-order valence-electron chi connectivity index (χ3n) is 5.60. The van der Waals surface area contributed by atoms with Gasteiger partial charge in [0.25, 0.3) is 0 Å². The van der Waals surface area contributed by atoms with Gasteiger partial charge in [0.2, 0.25) is 11.8 Å². The molecule has 29 heavy (non-hydrogen) atoms. The summed E-state index contributed by atoms with van der Waals surface area (Å²) in [5, 5.41) is 4.97. The van der Waals surface area contributed by atoms with Crippen molar-refractivity contribution in [3.8, 4) is 0 Å². The maximum Gasteiger partial charge on any atom is 0.237 e. The third kappa shape index (κ3) is 5.20. The number of thiophene rings is 1. The molecule has 2 aromatic heterocycles. The van der Waals surface area contributed by atoms with Crippen LogP contribution in [0.4, 0.5) is 0 Å². The lowest BCUT2D eigenvalue weighted by Crippen LogP contribution is -2.57. The van der Waals surface area contributed by atoms with Gasteiger partial charge in [-0.1, -0.05) is 12.1 Å². The molecule has 0 unspecified atom stereocenters. The van der Waals surface area contributed by atoms with E-state index in [1.807, 2.05) is 28.6 Å². The molecule has 1 N–H and O–H groups in total. The molecule has 154 valence electrons. The van der Waals surface area contributed by atoms with Gasteiger partial charge in [0.05, 0.1) is 12.5 Å². The smallest absolute Gasteiger partial charge is 0.237 e. The standard InChI is InChI=1S/C21H27N5O2S/c27-20(25-10-8-24(9-11-25)15-17-3-1-5-22-14-17)13-19-21(28)23-6-7-26(19)16-18-4-2-12-29-18/h1-5,12,14,19H,6-11,13,15-16H2,(H,23,28)/t19-/m0/s1. The Morgan fingerprint density at radius 3 is 2.72 bits per heavy atom. The molecule has 7 nitrogen and oxygen atoms in total. The van der Waals surface area contributed by atoms with Gasteiger partial charge >= 0.3 is 0 Å². The zero-order valence-electron chi connectivity index (χ0n) is 16.5. The Balaban J connectivity index is 1.30. The molecule has 2 aliphatic heterocycles. The Labute approximate surface area is 175 Å². The predicted molar refractivity (Wildman–Crippen MR) is 112 cm³/mol. The van der Waals surface area contributed by atoms with E-state index < -0.39 is 0 Å². The lowest BCUT2D eigenvalue weighted by atomic mass is 10.1. The van der Waals surface area contributed by atoms with Gasteiger partial charge in [0.1, 0.15) is 0 Å². The second-order valence-corrected chi connectivity index (χ2v) is 8.61. The van der Waals surface area contributed by atoms with Gasteiger partial charge in [0, 0.05) is 69.6 Å². The number of hydrogen-bond acceptors (Lipinski definition) is 6. The highest BCUT2D eigenvalue weighted by Gasteiger charge is 2.33. The first-order valence-electron chi connectivity index (χ1n) is 10.1. The largest absolute Gasteiger partial charge is 0.353 e. The molecular formula is C21H27N5O2S. The van der Waals surface area contributed by atoms with Crippen LogP contribution in [0.25, 0.3) is 0 Å². The van der Waals surface area contributed by atoms with E-state index in [1.165, 1.54) is 10.4 Å². The molecule has 0 saturated carbocycles. The predicted octanol–water partition coefficient (Wildman–Crippen LogP) is 1.18.